The smallest absolute Gasteiger partial charge is 0.223 e. The largest absolute Gasteiger partial charge is 0.485 e. The van der Waals surface area contributed by atoms with Crippen LogP contribution in [0.15, 0.2) is 18.2 Å². The van der Waals surface area contributed by atoms with Crippen molar-refractivity contribution < 1.29 is 14.3 Å². The zero-order chi connectivity index (χ0) is 15.9. The average Bonchev–Trinajstić information content (AvgIpc) is 2.90. The Labute approximate surface area is 130 Å². The number of benzene rings is 1. The molecule has 0 aromatic heterocycles. The zero-order valence-corrected chi connectivity index (χ0v) is 13.1. The number of hydrogen-bond acceptors (Lipinski definition) is 4. The van der Waals surface area contributed by atoms with Gasteiger partial charge in [0, 0.05) is 25.6 Å². The first-order chi connectivity index (χ1) is 10.5. The summed E-state index contributed by atoms with van der Waals surface area (Å²) in [6.45, 7) is 4.65. The number of amides is 1. The van der Waals surface area contributed by atoms with Gasteiger partial charge in [0.05, 0.1) is 17.7 Å². The predicted octanol–water partition coefficient (Wildman–Crippen LogP) is 2.41. The average molecular weight is 300 g/mol. The van der Waals surface area contributed by atoms with Gasteiger partial charge in [0.2, 0.25) is 5.91 Å². The van der Waals surface area contributed by atoms with E-state index in [0.29, 0.717) is 12.0 Å². The molecular formula is C17H20N2O3. The summed E-state index contributed by atoms with van der Waals surface area (Å²) in [6.07, 6.45) is 1.15. The van der Waals surface area contributed by atoms with Crippen molar-refractivity contribution in [1.82, 2.24) is 4.90 Å². The van der Waals surface area contributed by atoms with E-state index in [1.54, 1.807) is 13.2 Å². The van der Waals surface area contributed by atoms with Gasteiger partial charge in [-0.3, -0.25) is 4.79 Å². The molecule has 0 radical (unpaired) electrons. The quantitative estimate of drug-likeness (QED) is 0.841. The Balaban J connectivity index is 2.14. The first kappa shape index (κ1) is 14.9. The molecule has 1 saturated heterocycles. The Kier molecular flexibility index (Phi) is 3.57. The number of methoxy groups -OCH3 is 1. The van der Waals surface area contributed by atoms with Gasteiger partial charge in [0.15, 0.2) is 0 Å². The second-order valence-electron chi connectivity index (χ2n) is 6.36. The number of hydrogen-bond donors (Lipinski definition) is 0. The van der Waals surface area contributed by atoms with Crippen LogP contribution in [-0.4, -0.2) is 36.2 Å². The van der Waals surface area contributed by atoms with Crippen molar-refractivity contribution in [2.75, 3.05) is 13.7 Å². The molecule has 5 heteroatoms. The van der Waals surface area contributed by atoms with Crippen molar-refractivity contribution in [2.45, 2.75) is 44.4 Å². The maximum atomic E-state index is 12.3. The molecule has 2 atom stereocenters. The molecule has 116 valence electrons. The third-order valence-corrected chi connectivity index (χ3v) is 4.50. The number of likely N-dealkylation sites (tertiary alicyclic amines) is 1. The minimum absolute atomic E-state index is 0.137. The van der Waals surface area contributed by atoms with Crippen molar-refractivity contribution >= 4 is 5.91 Å². The van der Waals surface area contributed by atoms with Gasteiger partial charge in [-0.15, -0.1) is 0 Å². The van der Waals surface area contributed by atoms with Gasteiger partial charge < -0.3 is 14.4 Å². The van der Waals surface area contributed by atoms with E-state index in [9.17, 15) is 4.79 Å². The van der Waals surface area contributed by atoms with E-state index in [0.717, 1.165) is 24.3 Å². The summed E-state index contributed by atoms with van der Waals surface area (Å²) in [5.41, 5.74) is 0.873. The number of carbonyl (C=O) groups is 1. The molecule has 2 aliphatic rings. The van der Waals surface area contributed by atoms with Gasteiger partial charge in [-0.25, -0.2) is 0 Å². The van der Waals surface area contributed by atoms with Gasteiger partial charge in [-0.05, 0) is 38.5 Å². The van der Waals surface area contributed by atoms with Crippen molar-refractivity contribution in [3.8, 4) is 11.8 Å². The number of nitriles is 1. The number of fused-ring (bicyclic) bond motifs is 1. The third kappa shape index (κ3) is 2.24. The number of nitrogens with zero attached hydrogens (tertiary/aromatic N) is 2. The molecule has 22 heavy (non-hydrogen) atoms. The summed E-state index contributed by atoms with van der Waals surface area (Å²) >= 11 is 0. The summed E-state index contributed by atoms with van der Waals surface area (Å²) in [4.78, 5) is 14.1. The summed E-state index contributed by atoms with van der Waals surface area (Å²) in [5.74, 6) is 0.861. The number of ether oxygens (including phenoxy) is 2. The van der Waals surface area contributed by atoms with Gasteiger partial charge in [0.1, 0.15) is 17.5 Å². The molecule has 1 aromatic rings. The molecule has 1 amide bonds. The number of carbonyl (C=O) groups excluding carboxylic acids is 1. The summed E-state index contributed by atoms with van der Waals surface area (Å²) in [5, 5.41) is 9.17. The monoisotopic (exact) mass is 300 g/mol. The SMILES string of the molecule is CO[C@@H]1[C@@H](N2CCCC2=O)c2cc(C#N)ccc2OC1(C)C. The highest BCUT2D eigenvalue weighted by atomic mass is 16.6. The fourth-order valence-electron chi connectivity index (χ4n) is 3.53. The minimum Gasteiger partial charge on any atom is -0.485 e. The first-order valence-electron chi connectivity index (χ1n) is 7.53. The molecule has 0 unspecified atom stereocenters. The lowest BCUT2D eigenvalue weighted by atomic mass is 9.85. The molecule has 0 spiro atoms. The molecule has 2 aliphatic heterocycles. The maximum Gasteiger partial charge on any atom is 0.223 e. The van der Waals surface area contributed by atoms with Crippen LogP contribution in [0, 0.1) is 11.3 Å². The fourth-order valence-corrected chi connectivity index (χ4v) is 3.53. The number of rotatable bonds is 2. The molecule has 0 saturated carbocycles. The zero-order valence-electron chi connectivity index (χ0n) is 13.1. The van der Waals surface area contributed by atoms with Crippen LogP contribution in [0.2, 0.25) is 0 Å². The normalized spacial score (nSPS) is 26.3. The maximum absolute atomic E-state index is 12.3. The molecule has 1 fully saturated rings. The molecule has 3 rings (SSSR count). The van der Waals surface area contributed by atoms with Crippen molar-refractivity contribution in [3.63, 3.8) is 0 Å². The summed E-state index contributed by atoms with van der Waals surface area (Å²) in [7, 11) is 1.64. The van der Waals surface area contributed by atoms with Crippen LogP contribution in [-0.2, 0) is 9.53 Å². The van der Waals surface area contributed by atoms with Crippen LogP contribution in [0.25, 0.3) is 0 Å². The van der Waals surface area contributed by atoms with Crippen LogP contribution in [0.3, 0.4) is 0 Å². The van der Waals surface area contributed by atoms with E-state index in [4.69, 9.17) is 14.7 Å². The van der Waals surface area contributed by atoms with Gasteiger partial charge in [-0.1, -0.05) is 0 Å². The van der Waals surface area contributed by atoms with E-state index in [1.165, 1.54) is 0 Å². The lowest BCUT2D eigenvalue weighted by Crippen LogP contribution is -2.54. The molecule has 2 heterocycles. The van der Waals surface area contributed by atoms with Crippen molar-refractivity contribution in [1.29, 1.82) is 5.26 Å². The highest BCUT2D eigenvalue weighted by Gasteiger charge is 2.48. The molecular weight excluding hydrogens is 280 g/mol. The third-order valence-electron chi connectivity index (χ3n) is 4.50. The summed E-state index contributed by atoms with van der Waals surface area (Å²) < 4.78 is 11.8. The molecule has 1 aromatic carbocycles. The molecule has 0 N–H and O–H groups in total. The van der Waals surface area contributed by atoms with E-state index >= 15 is 0 Å². The lowest BCUT2D eigenvalue weighted by molar-refractivity contribution is -0.143. The highest BCUT2D eigenvalue weighted by Crippen LogP contribution is 2.45. The van der Waals surface area contributed by atoms with Gasteiger partial charge in [-0.2, -0.15) is 5.26 Å². The molecule has 5 nitrogen and oxygen atoms in total. The second kappa shape index (κ2) is 5.29. The molecule has 0 bridgehead atoms. The van der Waals surface area contributed by atoms with Crippen molar-refractivity contribution in [3.05, 3.63) is 29.3 Å². The van der Waals surface area contributed by atoms with Crippen LogP contribution in [0.5, 0.6) is 5.75 Å². The molecule has 0 aliphatic carbocycles. The van der Waals surface area contributed by atoms with Crippen LogP contribution in [0.4, 0.5) is 0 Å². The van der Waals surface area contributed by atoms with Gasteiger partial charge >= 0.3 is 0 Å². The van der Waals surface area contributed by atoms with Crippen LogP contribution >= 0.6 is 0 Å². The fraction of sp³-hybridized carbons (Fsp3) is 0.529. The summed E-state index contributed by atoms with van der Waals surface area (Å²) in [6, 6.07) is 7.31. The van der Waals surface area contributed by atoms with Crippen LogP contribution in [0.1, 0.15) is 43.9 Å². The van der Waals surface area contributed by atoms with E-state index in [2.05, 4.69) is 6.07 Å². The van der Waals surface area contributed by atoms with E-state index in [1.807, 2.05) is 30.9 Å². The standard InChI is InChI=1S/C17H20N2O3/c1-17(2)16(21-3)15(19-8-4-5-14(19)20)12-9-11(10-18)6-7-13(12)22-17/h6-7,9,15-16H,4-5,8H2,1-3H3/t15-,16+/m0/s1. The lowest BCUT2D eigenvalue weighted by Gasteiger charge is -2.47. The van der Waals surface area contributed by atoms with Crippen molar-refractivity contribution in [2.24, 2.45) is 0 Å². The Hall–Kier alpha value is -2.06. The topological polar surface area (TPSA) is 62.6 Å². The Morgan fingerprint density at radius 1 is 1.45 bits per heavy atom. The Morgan fingerprint density at radius 3 is 2.82 bits per heavy atom. The highest BCUT2D eigenvalue weighted by molar-refractivity contribution is 5.79. The van der Waals surface area contributed by atoms with E-state index < -0.39 is 5.60 Å². The van der Waals surface area contributed by atoms with E-state index in [-0.39, 0.29) is 18.1 Å². The van der Waals surface area contributed by atoms with Crippen LogP contribution < -0.4 is 4.74 Å². The second-order valence-corrected chi connectivity index (χ2v) is 6.36. The predicted molar refractivity (Wildman–Crippen MR) is 80.3 cm³/mol. The van der Waals surface area contributed by atoms with Gasteiger partial charge in [0.25, 0.3) is 0 Å². The Morgan fingerprint density at radius 2 is 2.23 bits per heavy atom. The minimum atomic E-state index is -0.552. The first-order valence-corrected chi connectivity index (χ1v) is 7.53. The Bertz CT molecular complexity index is 648.